The van der Waals surface area contributed by atoms with Gasteiger partial charge in [0.05, 0.1) is 24.6 Å². The van der Waals surface area contributed by atoms with Crippen LogP contribution in [0.15, 0.2) is 0 Å². The predicted molar refractivity (Wildman–Crippen MR) is 70.9 cm³/mol. The summed E-state index contributed by atoms with van der Waals surface area (Å²) >= 11 is 0. The first-order valence-electron chi connectivity index (χ1n) is 6.70. The number of rotatable bonds is 6. The van der Waals surface area contributed by atoms with Gasteiger partial charge in [-0.05, 0) is 26.7 Å². The van der Waals surface area contributed by atoms with E-state index in [0.29, 0.717) is 12.8 Å². The molecule has 0 heterocycles. The second-order valence-electron chi connectivity index (χ2n) is 5.17. The van der Waals surface area contributed by atoms with E-state index in [1.165, 1.54) is 0 Å². The van der Waals surface area contributed by atoms with Crippen molar-refractivity contribution in [3.63, 3.8) is 0 Å². The minimum Gasteiger partial charge on any atom is -0.391 e. The molecule has 18 heavy (non-hydrogen) atoms. The van der Waals surface area contributed by atoms with Gasteiger partial charge in [-0.3, -0.25) is 0 Å². The van der Waals surface area contributed by atoms with Crippen molar-refractivity contribution < 1.29 is 18.3 Å². The Morgan fingerprint density at radius 2 is 1.94 bits per heavy atom. The maximum absolute atomic E-state index is 11.8. The van der Waals surface area contributed by atoms with Crippen molar-refractivity contribution in [2.45, 2.75) is 64.2 Å². The lowest BCUT2D eigenvalue weighted by atomic mass is 10.1. The summed E-state index contributed by atoms with van der Waals surface area (Å²) in [5.74, 6) is -0.0472. The zero-order chi connectivity index (χ0) is 13.6. The van der Waals surface area contributed by atoms with Crippen molar-refractivity contribution in [2.75, 3.05) is 12.4 Å². The van der Waals surface area contributed by atoms with Gasteiger partial charge in [0.15, 0.2) is 0 Å². The number of hydrogen-bond acceptors (Lipinski definition) is 4. The Hall–Kier alpha value is -0.170. The molecule has 1 fully saturated rings. The summed E-state index contributed by atoms with van der Waals surface area (Å²) in [6.45, 7) is 3.93. The molecule has 0 aliphatic heterocycles. The van der Waals surface area contributed by atoms with Crippen LogP contribution in [0.5, 0.6) is 0 Å². The molecule has 0 aromatic rings. The van der Waals surface area contributed by atoms with Crippen LogP contribution in [0.2, 0.25) is 0 Å². The van der Waals surface area contributed by atoms with Gasteiger partial charge < -0.3 is 9.84 Å². The van der Waals surface area contributed by atoms with Crippen LogP contribution in [0.25, 0.3) is 0 Å². The van der Waals surface area contributed by atoms with Gasteiger partial charge in [0, 0.05) is 6.04 Å². The Labute approximate surface area is 110 Å². The lowest BCUT2D eigenvalue weighted by molar-refractivity contribution is 0.0907. The number of sulfonamides is 1. The topological polar surface area (TPSA) is 75.6 Å². The summed E-state index contributed by atoms with van der Waals surface area (Å²) in [6, 6.07) is -0.337. The van der Waals surface area contributed by atoms with Gasteiger partial charge in [0.1, 0.15) is 0 Å². The maximum Gasteiger partial charge on any atom is 0.214 e. The second kappa shape index (κ2) is 7.43. The minimum absolute atomic E-state index is 0.0312. The van der Waals surface area contributed by atoms with Crippen molar-refractivity contribution in [3.05, 3.63) is 0 Å². The monoisotopic (exact) mass is 279 g/mol. The molecule has 0 bridgehead atoms. The third-order valence-corrected chi connectivity index (χ3v) is 4.48. The van der Waals surface area contributed by atoms with E-state index < -0.39 is 16.1 Å². The van der Waals surface area contributed by atoms with E-state index in [4.69, 9.17) is 4.74 Å². The Morgan fingerprint density at radius 1 is 1.28 bits per heavy atom. The van der Waals surface area contributed by atoms with Crippen LogP contribution in [0.3, 0.4) is 0 Å². The van der Waals surface area contributed by atoms with Crippen molar-refractivity contribution >= 4 is 10.0 Å². The summed E-state index contributed by atoms with van der Waals surface area (Å²) < 4.78 is 31.5. The molecule has 0 saturated heterocycles. The van der Waals surface area contributed by atoms with Crippen molar-refractivity contribution in [2.24, 2.45) is 0 Å². The van der Waals surface area contributed by atoms with E-state index in [1.807, 2.05) is 13.8 Å². The van der Waals surface area contributed by atoms with E-state index in [-0.39, 0.29) is 24.5 Å². The molecule has 0 aromatic heterocycles. The molecule has 1 saturated carbocycles. The molecule has 0 aromatic carbocycles. The molecular weight excluding hydrogens is 254 g/mol. The standard InChI is InChI=1S/C12H25NO4S/c1-10(2)17-8-9-18(15,16)13-11-6-4-3-5-7-12(11)14/h10-14H,3-9H2,1-2H3. The largest absolute Gasteiger partial charge is 0.391 e. The second-order valence-corrected chi connectivity index (χ2v) is 7.04. The van der Waals surface area contributed by atoms with Crippen molar-refractivity contribution in [3.8, 4) is 0 Å². The highest BCUT2D eigenvalue weighted by Gasteiger charge is 2.25. The third kappa shape index (κ3) is 6.13. The predicted octanol–water partition coefficient (Wildman–Crippen LogP) is 1.02. The first-order valence-corrected chi connectivity index (χ1v) is 8.35. The Bertz CT molecular complexity index is 329. The molecule has 1 rings (SSSR count). The molecule has 1 aliphatic carbocycles. The zero-order valence-corrected chi connectivity index (χ0v) is 12.1. The number of nitrogens with one attached hydrogen (secondary N) is 1. The molecule has 5 nitrogen and oxygen atoms in total. The van der Waals surface area contributed by atoms with Gasteiger partial charge in [0.25, 0.3) is 0 Å². The van der Waals surface area contributed by atoms with Gasteiger partial charge in [0.2, 0.25) is 10.0 Å². The van der Waals surface area contributed by atoms with Crippen LogP contribution in [0, 0.1) is 0 Å². The summed E-state index contributed by atoms with van der Waals surface area (Å²) in [4.78, 5) is 0. The fourth-order valence-corrected chi connectivity index (χ4v) is 3.28. The molecule has 2 atom stereocenters. The van der Waals surface area contributed by atoms with Crippen LogP contribution in [0.1, 0.15) is 46.0 Å². The maximum atomic E-state index is 11.8. The summed E-state index contributed by atoms with van der Waals surface area (Å²) in [5, 5.41) is 9.87. The van der Waals surface area contributed by atoms with Gasteiger partial charge in [-0.2, -0.15) is 0 Å². The molecule has 2 N–H and O–H groups in total. The average Bonchev–Trinajstić information content (AvgIpc) is 2.43. The van der Waals surface area contributed by atoms with Crippen LogP contribution in [-0.4, -0.2) is 44.1 Å². The molecule has 0 radical (unpaired) electrons. The Morgan fingerprint density at radius 3 is 2.61 bits per heavy atom. The smallest absolute Gasteiger partial charge is 0.214 e. The van der Waals surface area contributed by atoms with Crippen LogP contribution < -0.4 is 4.72 Å². The van der Waals surface area contributed by atoms with Crippen LogP contribution in [0.4, 0.5) is 0 Å². The van der Waals surface area contributed by atoms with E-state index in [1.54, 1.807) is 0 Å². The quantitative estimate of drug-likeness (QED) is 0.712. The SMILES string of the molecule is CC(C)OCCS(=O)(=O)NC1CCCCCC1O. The Kier molecular flexibility index (Phi) is 6.55. The van der Waals surface area contributed by atoms with Crippen LogP contribution >= 0.6 is 0 Å². The lowest BCUT2D eigenvalue weighted by Crippen LogP contribution is -2.44. The molecule has 6 heteroatoms. The van der Waals surface area contributed by atoms with Gasteiger partial charge >= 0.3 is 0 Å². The summed E-state index contributed by atoms with van der Waals surface area (Å²) in [6.07, 6.45) is 3.85. The van der Waals surface area contributed by atoms with Gasteiger partial charge in [-0.1, -0.05) is 19.3 Å². The normalized spacial score (nSPS) is 26.2. The molecule has 108 valence electrons. The Balaban J connectivity index is 2.42. The highest BCUT2D eigenvalue weighted by atomic mass is 32.2. The average molecular weight is 279 g/mol. The number of aliphatic hydroxyl groups excluding tert-OH is 1. The number of aliphatic hydroxyl groups is 1. The number of hydrogen-bond donors (Lipinski definition) is 2. The van der Waals surface area contributed by atoms with E-state index in [2.05, 4.69) is 4.72 Å². The molecular formula is C12H25NO4S. The molecule has 0 spiro atoms. The molecule has 1 aliphatic rings. The fourth-order valence-electron chi connectivity index (χ4n) is 2.11. The van der Waals surface area contributed by atoms with Gasteiger partial charge in [-0.15, -0.1) is 0 Å². The summed E-state index contributed by atoms with van der Waals surface area (Å²) in [7, 11) is -3.36. The first-order chi connectivity index (χ1) is 8.41. The summed E-state index contributed by atoms with van der Waals surface area (Å²) in [5.41, 5.74) is 0. The third-order valence-electron chi connectivity index (χ3n) is 3.11. The minimum atomic E-state index is -3.36. The van der Waals surface area contributed by atoms with Gasteiger partial charge in [-0.25, -0.2) is 13.1 Å². The van der Waals surface area contributed by atoms with Crippen molar-refractivity contribution in [1.82, 2.24) is 4.72 Å². The highest BCUT2D eigenvalue weighted by Crippen LogP contribution is 2.18. The highest BCUT2D eigenvalue weighted by molar-refractivity contribution is 7.89. The van der Waals surface area contributed by atoms with Crippen molar-refractivity contribution in [1.29, 1.82) is 0 Å². The molecule has 0 amide bonds. The fraction of sp³-hybridized carbons (Fsp3) is 1.00. The van der Waals surface area contributed by atoms with Crippen LogP contribution in [-0.2, 0) is 14.8 Å². The zero-order valence-electron chi connectivity index (χ0n) is 11.3. The van der Waals surface area contributed by atoms with E-state index in [9.17, 15) is 13.5 Å². The number of ether oxygens (including phenoxy) is 1. The molecule has 2 unspecified atom stereocenters. The first kappa shape index (κ1) is 15.9. The van der Waals surface area contributed by atoms with E-state index >= 15 is 0 Å². The lowest BCUT2D eigenvalue weighted by Gasteiger charge is -2.21. The van der Waals surface area contributed by atoms with E-state index in [0.717, 1.165) is 19.3 Å².